The molecule has 1 aliphatic heterocycles. The summed E-state index contributed by atoms with van der Waals surface area (Å²) < 4.78 is 0. The average molecular weight is 231 g/mol. The number of rotatable bonds is 1. The van der Waals surface area contributed by atoms with Gasteiger partial charge >= 0.3 is 0 Å². The Kier molecular flexibility index (Phi) is 2.66. The van der Waals surface area contributed by atoms with Crippen molar-refractivity contribution in [3.8, 4) is 0 Å². The second kappa shape index (κ2) is 4.05. The van der Waals surface area contributed by atoms with Gasteiger partial charge in [-0.25, -0.2) is 9.97 Å². The van der Waals surface area contributed by atoms with Gasteiger partial charge in [-0.1, -0.05) is 13.8 Å². The van der Waals surface area contributed by atoms with E-state index in [0.29, 0.717) is 11.5 Å². The largest absolute Gasteiger partial charge is 0.307 e. The molecular formula is C14H21N3. The number of fused-ring (bicyclic) bond motifs is 1. The summed E-state index contributed by atoms with van der Waals surface area (Å²) in [6, 6.07) is 0.398. The van der Waals surface area contributed by atoms with Gasteiger partial charge in [0.05, 0.1) is 6.04 Å². The second-order valence-corrected chi connectivity index (χ2v) is 6.19. The van der Waals surface area contributed by atoms with Gasteiger partial charge in [0, 0.05) is 11.9 Å². The Hall–Kier alpha value is -0.960. The van der Waals surface area contributed by atoms with Crippen molar-refractivity contribution >= 4 is 0 Å². The van der Waals surface area contributed by atoms with E-state index in [4.69, 9.17) is 4.98 Å². The molecule has 0 bridgehead atoms. The highest BCUT2D eigenvalue weighted by Gasteiger charge is 2.27. The SMILES string of the molecule is CC1(C)CCc2nc([C@H]3CCCN3)ncc2C1. The van der Waals surface area contributed by atoms with Gasteiger partial charge < -0.3 is 5.32 Å². The van der Waals surface area contributed by atoms with Crippen LogP contribution in [0.1, 0.15) is 56.2 Å². The van der Waals surface area contributed by atoms with E-state index < -0.39 is 0 Å². The maximum Gasteiger partial charge on any atom is 0.145 e. The lowest BCUT2D eigenvalue weighted by Gasteiger charge is -2.30. The fourth-order valence-electron chi connectivity index (χ4n) is 2.96. The van der Waals surface area contributed by atoms with E-state index in [2.05, 4.69) is 30.3 Å². The molecule has 1 saturated heterocycles. The quantitative estimate of drug-likeness (QED) is 0.806. The lowest BCUT2D eigenvalue weighted by molar-refractivity contribution is 0.310. The van der Waals surface area contributed by atoms with Crippen LogP contribution >= 0.6 is 0 Å². The average Bonchev–Trinajstić information content (AvgIpc) is 2.81. The molecule has 1 aliphatic carbocycles. The van der Waals surface area contributed by atoms with Crippen molar-refractivity contribution < 1.29 is 0 Å². The monoisotopic (exact) mass is 231 g/mol. The van der Waals surface area contributed by atoms with Crippen LogP contribution < -0.4 is 5.32 Å². The Balaban J connectivity index is 1.87. The van der Waals surface area contributed by atoms with Crippen molar-refractivity contribution in [1.82, 2.24) is 15.3 Å². The zero-order valence-corrected chi connectivity index (χ0v) is 10.8. The highest BCUT2D eigenvalue weighted by molar-refractivity contribution is 5.23. The maximum absolute atomic E-state index is 4.79. The van der Waals surface area contributed by atoms with Crippen molar-refractivity contribution in [1.29, 1.82) is 0 Å². The third kappa shape index (κ3) is 2.21. The van der Waals surface area contributed by atoms with E-state index in [9.17, 15) is 0 Å². The van der Waals surface area contributed by atoms with Gasteiger partial charge in [0.1, 0.15) is 5.82 Å². The minimum Gasteiger partial charge on any atom is -0.307 e. The molecule has 17 heavy (non-hydrogen) atoms. The Bertz CT molecular complexity index is 419. The molecule has 0 amide bonds. The Morgan fingerprint density at radius 2 is 2.29 bits per heavy atom. The third-order valence-corrected chi connectivity index (χ3v) is 4.05. The van der Waals surface area contributed by atoms with E-state index in [1.807, 2.05) is 0 Å². The van der Waals surface area contributed by atoms with Crippen LogP contribution in [0.25, 0.3) is 0 Å². The molecule has 1 atom stereocenters. The molecule has 0 radical (unpaired) electrons. The number of hydrogen-bond acceptors (Lipinski definition) is 3. The fourth-order valence-corrected chi connectivity index (χ4v) is 2.96. The molecule has 0 unspecified atom stereocenters. The molecular weight excluding hydrogens is 210 g/mol. The van der Waals surface area contributed by atoms with Gasteiger partial charge in [-0.05, 0) is 49.6 Å². The fraction of sp³-hybridized carbons (Fsp3) is 0.714. The van der Waals surface area contributed by atoms with Gasteiger partial charge in [0.25, 0.3) is 0 Å². The lowest BCUT2D eigenvalue weighted by Crippen LogP contribution is -2.25. The van der Waals surface area contributed by atoms with Crippen LogP contribution in [0, 0.1) is 5.41 Å². The van der Waals surface area contributed by atoms with Gasteiger partial charge in [0.2, 0.25) is 0 Å². The molecule has 0 spiro atoms. The van der Waals surface area contributed by atoms with E-state index in [0.717, 1.165) is 25.2 Å². The van der Waals surface area contributed by atoms with Gasteiger partial charge in [0.15, 0.2) is 0 Å². The summed E-state index contributed by atoms with van der Waals surface area (Å²) in [5.74, 6) is 1.01. The molecule has 1 fully saturated rings. The first-order valence-electron chi connectivity index (χ1n) is 6.72. The van der Waals surface area contributed by atoms with Crippen molar-refractivity contribution in [3.05, 3.63) is 23.3 Å². The summed E-state index contributed by atoms with van der Waals surface area (Å²) in [5.41, 5.74) is 3.08. The van der Waals surface area contributed by atoms with Crippen molar-refractivity contribution in [3.63, 3.8) is 0 Å². The molecule has 2 heterocycles. The topological polar surface area (TPSA) is 37.8 Å². The third-order valence-electron chi connectivity index (χ3n) is 4.05. The van der Waals surface area contributed by atoms with E-state index in [-0.39, 0.29) is 0 Å². The summed E-state index contributed by atoms with van der Waals surface area (Å²) in [6.07, 6.45) is 7.99. The summed E-state index contributed by atoms with van der Waals surface area (Å²) in [5, 5.41) is 3.47. The predicted molar refractivity (Wildman–Crippen MR) is 67.8 cm³/mol. The van der Waals surface area contributed by atoms with Crippen LogP contribution in [0.5, 0.6) is 0 Å². The molecule has 0 aromatic carbocycles. The molecule has 1 N–H and O–H groups in total. The molecule has 1 aromatic rings. The molecule has 3 rings (SSSR count). The van der Waals surface area contributed by atoms with Crippen LogP contribution in [-0.4, -0.2) is 16.5 Å². The first kappa shape index (κ1) is 11.1. The van der Waals surface area contributed by atoms with Crippen LogP contribution in [0.15, 0.2) is 6.20 Å². The van der Waals surface area contributed by atoms with E-state index >= 15 is 0 Å². The summed E-state index contributed by atoms with van der Waals surface area (Å²) in [6.45, 7) is 5.78. The maximum atomic E-state index is 4.79. The Morgan fingerprint density at radius 3 is 3.06 bits per heavy atom. The van der Waals surface area contributed by atoms with Crippen molar-refractivity contribution in [2.45, 2.75) is 52.0 Å². The summed E-state index contributed by atoms with van der Waals surface area (Å²) in [4.78, 5) is 9.35. The van der Waals surface area contributed by atoms with Crippen LogP contribution in [0.4, 0.5) is 0 Å². The number of nitrogens with zero attached hydrogens (tertiary/aromatic N) is 2. The molecule has 0 saturated carbocycles. The summed E-state index contributed by atoms with van der Waals surface area (Å²) >= 11 is 0. The number of hydrogen-bond donors (Lipinski definition) is 1. The number of aromatic nitrogens is 2. The molecule has 2 aliphatic rings. The van der Waals surface area contributed by atoms with Crippen molar-refractivity contribution in [2.75, 3.05) is 6.54 Å². The minimum atomic E-state index is 0.398. The van der Waals surface area contributed by atoms with E-state index in [1.54, 1.807) is 0 Å². The second-order valence-electron chi connectivity index (χ2n) is 6.19. The molecule has 92 valence electrons. The van der Waals surface area contributed by atoms with Crippen LogP contribution in [0.3, 0.4) is 0 Å². The molecule has 3 nitrogen and oxygen atoms in total. The predicted octanol–water partition coefficient (Wildman–Crippen LogP) is 2.42. The van der Waals surface area contributed by atoms with Gasteiger partial charge in [-0.2, -0.15) is 0 Å². The smallest absolute Gasteiger partial charge is 0.145 e. The first-order chi connectivity index (χ1) is 8.14. The summed E-state index contributed by atoms with van der Waals surface area (Å²) in [7, 11) is 0. The van der Waals surface area contributed by atoms with E-state index in [1.165, 1.54) is 30.5 Å². The normalized spacial score (nSPS) is 26.8. The van der Waals surface area contributed by atoms with Gasteiger partial charge in [-0.15, -0.1) is 0 Å². The first-order valence-corrected chi connectivity index (χ1v) is 6.72. The zero-order valence-electron chi connectivity index (χ0n) is 10.8. The molecule has 1 aromatic heterocycles. The highest BCUT2D eigenvalue weighted by atomic mass is 15.0. The number of aryl methyl sites for hydroxylation is 1. The Morgan fingerprint density at radius 1 is 1.41 bits per heavy atom. The molecule has 3 heteroatoms. The van der Waals surface area contributed by atoms with Crippen molar-refractivity contribution in [2.24, 2.45) is 5.41 Å². The lowest BCUT2D eigenvalue weighted by atomic mass is 9.76. The highest BCUT2D eigenvalue weighted by Crippen LogP contribution is 2.34. The Labute approximate surface area is 103 Å². The zero-order chi connectivity index (χ0) is 11.9. The minimum absolute atomic E-state index is 0.398. The van der Waals surface area contributed by atoms with Gasteiger partial charge in [-0.3, -0.25) is 0 Å². The van der Waals surface area contributed by atoms with Crippen LogP contribution in [0.2, 0.25) is 0 Å². The number of nitrogens with one attached hydrogen (secondary N) is 1. The standard InChI is InChI=1S/C14H21N3/c1-14(2)6-5-11-10(8-14)9-16-13(17-11)12-4-3-7-15-12/h9,12,15H,3-8H2,1-2H3/t12-/m1/s1. The van der Waals surface area contributed by atoms with Crippen LogP contribution in [-0.2, 0) is 12.8 Å².